The maximum Gasteiger partial charge on any atom is 0.176 e. The molecule has 0 radical (unpaired) electrons. The van der Waals surface area contributed by atoms with Crippen molar-refractivity contribution in [2.24, 2.45) is 0 Å². The zero-order valence-electron chi connectivity index (χ0n) is 11.8. The monoisotopic (exact) mass is 348 g/mol. The van der Waals surface area contributed by atoms with E-state index in [1.54, 1.807) is 11.8 Å². The Hall–Kier alpha value is -1.06. The molecule has 0 aliphatic rings. The van der Waals surface area contributed by atoms with Gasteiger partial charge in [-0.15, -0.1) is 11.8 Å². The smallest absolute Gasteiger partial charge is 0.176 e. The number of aryl methyl sites for hydroxylation is 2. The van der Waals surface area contributed by atoms with Gasteiger partial charge >= 0.3 is 0 Å². The molecule has 0 amide bonds. The number of ketones is 1. The lowest BCUT2D eigenvalue weighted by Crippen LogP contribution is -2.15. The third-order valence-corrected chi connectivity index (χ3v) is 4.79. The van der Waals surface area contributed by atoms with E-state index in [4.69, 9.17) is 0 Å². The van der Waals surface area contributed by atoms with Crippen molar-refractivity contribution in [3.05, 3.63) is 63.6 Å². The van der Waals surface area contributed by atoms with E-state index in [1.165, 1.54) is 0 Å². The van der Waals surface area contributed by atoms with E-state index in [2.05, 4.69) is 15.9 Å². The second kappa shape index (κ2) is 6.59. The molecule has 1 atom stereocenters. The highest BCUT2D eigenvalue weighted by molar-refractivity contribution is 9.10. The van der Waals surface area contributed by atoms with Crippen molar-refractivity contribution in [2.45, 2.75) is 30.9 Å². The molecule has 3 heteroatoms. The molecule has 0 aromatic heterocycles. The van der Waals surface area contributed by atoms with Crippen LogP contribution >= 0.6 is 27.7 Å². The fourth-order valence-corrected chi connectivity index (χ4v) is 3.19. The molecule has 0 saturated heterocycles. The van der Waals surface area contributed by atoms with E-state index in [1.807, 2.05) is 63.2 Å². The first-order valence-electron chi connectivity index (χ1n) is 6.51. The van der Waals surface area contributed by atoms with Gasteiger partial charge in [0.1, 0.15) is 0 Å². The molecule has 0 fully saturated rings. The van der Waals surface area contributed by atoms with Crippen molar-refractivity contribution < 1.29 is 4.79 Å². The minimum Gasteiger partial charge on any atom is -0.293 e. The first-order valence-corrected chi connectivity index (χ1v) is 8.18. The third kappa shape index (κ3) is 3.74. The van der Waals surface area contributed by atoms with Crippen molar-refractivity contribution in [1.29, 1.82) is 0 Å². The average molecular weight is 349 g/mol. The van der Waals surface area contributed by atoms with Crippen LogP contribution in [0.25, 0.3) is 0 Å². The van der Waals surface area contributed by atoms with Gasteiger partial charge in [-0.3, -0.25) is 4.79 Å². The maximum absolute atomic E-state index is 12.6. The zero-order valence-corrected chi connectivity index (χ0v) is 14.2. The molecule has 0 saturated carbocycles. The normalized spacial score (nSPS) is 12.2. The van der Waals surface area contributed by atoms with Crippen LogP contribution in [0.3, 0.4) is 0 Å². The molecule has 0 heterocycles. The first-order chi connectivity index (χ1) is 9.47. The van der Waals surface area contributed by atoms with Gasteiger partial charge in [-0.1, -0.05) is 33.6 Å². The Morgan fingerprint density at radius 1 is 1.10 bits per heavy atom. The second-order valence-corrected chi connectivity index (χ2v) is 7.23. The summed E-state index contributed by atoms with van der Waals surface area (Å²) in [7, 11) is 0. The van der Waals surface area contributed by atoms with Crippen molar-refractivity contribution in [3.63, 3.8) is 0 Å². The van der Waals surface area contributed by atoms with Crippen LogP contribution in [0, 0.1) is 13.8 Å². The molecule has 2 aromatic carbocycles. The number of benzene rings is 2. The lowest BCUT2D eigenvalue weighted by Gasteiger charge is -2.13. The van der Waals surface area contributed by atoms with Gasteiger partial charge in [-0.25, -0.2) is 0 Å². The molecule has 0 aliphatic heterocycles. The molecule has 2 rings (SSSR count). The molecule has 20 heavy (non-hydrogen) atoms. The summed E-state index contributed by atoms with van der Waals surface area (Å²) in [6.45, 7) is 5.98. The summed E-state index contributed by atoms with van der Waals surface area (Å²) in [6.07, 6.45) is 0. The van der Waals surface area contributed by atoms with Crippen LogP contribution in [0.5, 0.6) is 0 Å². The van der Waals surface area contributed by atoms with Gasteiger partial charge < -0.3 is 0 Å². The highest BCUT2D eigenvalue weighted by Crippen LogP contribution is 2.27. The van der Waals surface area contributed by atoms with Crippen LogP contribution in [0.15, 0.2) is 51.8 Å². The van der Waals surface area contributed by atoms with Crippen molar-refractivity contribution >= 4 is 33.5 Å². The topological polar surface area (TPSA) is 17.1 Å². The number of thioether (sulfide) groups is 1. The third-order valence-electron chi connectivity index (χ3n) is 3.15. The predicted molar refractivity (Wildman–Crippen MR) is 89.7 cm³/mol. The van der Waals surface area contributed by atoms with Crippen LogP contribution in [-0.4, -0.2) is 11.0 Å². The van der Waals surface area contributed by atoms with Gasteiger partial charge in [-0.2, -0.15) is 0 Å². The quantitative estimate of drug-likeness (QED) is 0.541. The van der Waals surface area contributed by atoms with E-state index < -0.39 is 0 Å². The van der Waals surface area contributed by atoms with E-state index >= 15 is 0 Å². The molecular formula is C17H17BrOS. The Morgan fingerprint density at radius 3 is 2.40 bits per heavy atom. The molecule has 1 nitrogen and oxygen atoms in total. The minimum atomic E-state index is -0.0864. The SMILES string of the molecule is Cc1ccc(C)c(C(=O)C(C)Sc2ccc(Br)cc2)c1. The summed E-state index contributed by atoms with van der Waals surface area (Å²) in [6, 6.07) is 14.1. The first kappa shape index (κ1) is 15.3. The van der Waals surface area contributed by atoms with Gasteiger partial charge in [0.2, 0.25) is 0 Å². The predicted octanol–water partition coefficient (Wildman–Crippen LogP) is 5.43. The van der Waals surface area contributed by atoms with E-state index in [0.717, 1.165) is 26.1 Å². The maximum atomic E-state index is 12.6. The highest BCUT2D eigenvalue weighted by Gasteiger charge is 2.18. The molecule has 2 aromatic rings. The van der Waals surface area contributed by atoms with Crippen molar-refractivity contribution in [1.82, 2.24) is 0 Å². The summed E-state index contributed by atoms with van der Waals surface area (Å²) >= 11 is 5.02. The summed E-state index contributed by atoms with van der Waals surface area (Å²) in [5.74, 6) is 0.194. The van der Waals surface area contributed by atoms with Gasteiger partial charge in [0, 0.05) is 14.9 Å². The van der Waals surface area contributed by atoms with Crippen LogP contribution in [0.1, 0.15) is 28.4 Å². The number of Topliss-reactive ketones (excluding diaryl/α,β-unsaturated/α-hetero) is 1. The van der Waals surface area contributed by atoms with Gasteiger partial charge in [0.25, 0.3) is 0 Å². The summed E-state index contributed by atoms with van der Waals surface area (Å²) in [5.41, 5.74) is 3.01. The Bertz CT molecular complexity index is 619. The van der Waals surface area contributed by atoms with Crippen molar-refractivity contribution in [3.8, 4) is 0 Å². The van der Waals surface area contributed by atoms with Gasteiger partial charge in [0.05, 0.1) is 5.25 Å². The average Bonchev–Trinajstić information content (AvgIpc) is 2.43. The fraction of sp³-hybridized carbons (Fsp3) is 0.235. The van der Waals surface area contributed by atoms with Crippen LogP contribution in [-0.2, 0) is 0 Å². The van der Waals surface area contributed by atoms with Gasteiger partial charge in [0.15, 0.2) is 5.78 Å². The van der Waals surface area contributed by atoms with E-state index in [-0.39, 0.29) is 11.0 Å². The molecular weight excluding hydrogens is 332 g/mol. The Labute approximate surface area is 132 Å². The number of rotatable bonds is 4. The highest BCUT2D eigenvalue weighted by atomic mass is 79.9. The molecule has 0 spiro atoms. The minimum absolute atomic E-state index is 0.0864. The number of carbonyl (C=O) groups excluding carboxylic acids is 1. The second-order valence-electron chi connectivity index (χ2n) is 4.90. The van der Waals surface area contributed by atoms with Crippen LogP contribution < -0.4 is 0 Å². The van der Waals surface area contributed by atoms with Crippen LogP contribution in [0.2, 0.25) is 0 Å². The summed E-state index contributed by atoms with van der Waals surface area (Å²) in [5, 5.41) is -0.0864. The Balaban J connectivity index is 2.16. The molecule has 0 bridgehead atoms. The largest absolute Gasteiger partial charge is 0.293 e. The van der Waals surface area contributed by atoms with Crippen molar-refractivity contribution in [2.75, 3.05) is 0 Å². The molecule has 1 unspecified atom stereocenters. The van der Waals surface area contributed by atoms with Gasteiger partial charge in [-0.05, 0) is 56.7 Å². The van der Waals surface area contributed by atoms with E-state index in [9.17, 15) is 4.79 Å². The number of hydrogen-bond acceptors (Lipinski definition) is 2. The summed E-state index contributed by atoms with van der Waals surface area (Å²) < 4.78 is 1.05. The molecule has 0 aliphatic carbocycles. The molecule has 104 valence electrons. The summed E-state index contributed by atoms with van der Waals surface area (Å²) in [4.78, 5) is 13.7. The standard InChI is InChI=1S/C17H17BrOS/c1-11-4-5-12(2)16(10-11)17(19)13(3)20-15-8-6-14(18)7-9-15/h4-10,13H,1-3H3. The zero-order chi connectivity index (χ0) is 14.7. The number of carbonyl (C=O) groups is 1. The Kier molecular flexibility index (Phi) is 5.06. The van der Waals surface area contributed by atoms with Crippen LogP contribution in [0.4, 0.5) is 0 Å². The fourth-order valence-electron chi connectivity index (χ4n) is 1.99. The lowest BCUT2D eigenvalue weighted by atomic mass is 10.0. The number of halogens is 1. The number of hydrogen-bond donors (Lipinski definition) is 0. The lowest BCUT2D eigenvalue weighted by molar-refractivity contribution is 0.0993. The van der Waals surface area contributed by atoms with E-state index in [0.29, 0.717) is 0 Å². The Morgan fingerprint density at radius 2 is 1.75 bits per heavy atom. The molecule has 0 N–H and O–H groups in total.